The molecule has 5 rings (SSSR count). The molecular weight excluding hydrogens is 423 g/mol. The van der Waals surface area contributed by atoms with Crippen LogP contribution in [0.5, 0.6) is 0 Å². The highest BCUT2D eigenvalue weighted by molar-refractivity contribution is 5.56. The first-order valence-electron chi connectivity index (χ1n) is 10.6. The average molecular weight is 448 g/mol. The molecule has 0 spiro atoms. The highest BCUT2D eigenvalue weighted by Gasteiger charge is 2.35. The van der Waals surface area contributed by atoms with E-state index in [9.17, 15) is 13.2 Å². The third-order valence-electron chi connectivity index (χ3n) is 5.93. The summed E-state index contributed by atoms with van der Waals surface area (Å²) in [6.07, 6.45) is -1.78. The van der Waals surface area contributed by atoms with Gasteiger partial charge in [0.25, 0.3) is 5.82 Å². The monoisotopic (exact) mass is 448 g/mol. The number of nitrogens with zero attached hydrogens (tertiary/aromatic N) is 3. The third kappa shape index (κ3) is 4.17. The van der Waals surface area contributed by atoms with E-state index in [2.05, 4.69) is 26.2 Å². The van der Waals surface area contributed by atoms with Crippen molar-refractivity contribution in [2.75, 3.05) is 26.2 Å². The number of hydrogen-bond donors (Lipinski definition) is 4. The van der Waals surface area contributed by atoms with E-state index in [1.54, 1.807) is 18.4 Å². The fourth-order valence-electron chi connectivity index (χ4n) is 4.14. The van der Waals surface area contributed by atoms with E-state index in [0.717, 1.165) is 48.4 Å². The lowest BCUT2D eigenvalue weighted by Gasteiger charge is -2.35. The quantitative estimate of drug-likeness (QED) is 0.504. The van der Waals surface area contributed by atoms with Crippen molar-refractivity contribution in [2.24, 2.45) is 5.92 Å². The topological polar surface area (TPSA) is 94.9 Å². The van der Waals surface area contributed by atoms with Gasteiger partial charge in [-0.1, -0.05) is 22.9 Å². The number of nitrogens with one attached hydrogen (secondary N) is 3. The van der Waals surface area contributed by atoms with Crippen LogP contribution < -0.4 is 21.5 Å². The number of alkyl halides is 3. The third-order valence-corrected chi connectivity index (χ3v) is 5.93. The van der Waals surface area contributed by atoms with Gasteiger partial charge in [-0.2, -0.15) is 18.2 Å². The number of aromatic nitrogens is 2. The van der Waals surface area contributed by atoms with Crippen molar-refractivity contribution >= 4 is 5.70 Å². The molecule has 0 aliphatic carbocycles. The maximum Gasteiger partial charge on any atom is 0.416 e. The van der Waals surface area contributed by atoms with Crippen LogP contribution in [0.1, 0.15) is 28.4 Å². The Hall–Kier alpha value is -3.05. The number of halogens is 3. The second-order valence-corrected chi connectivity index (χ2v) is 8.40. The predicted molar refractivity (Wildman–Crippen MR) is 109 cm³/mol. The molecule has 0 amide bonds. The number of hydrogen-bond acceptors (Lipinski definition) is 7. The minimum Gasteiger partial charge on any atom is -0.364 e. The highest BCUT2D eigenvalue weighted by Crippen LogP contribution is 2.34. The molecule has 2 aromatic rings. The first-order chi connectivity index (χ1) is 15.4. The smallest absolute Gasteiger partial charge is 0.364 e. The number of aryl methyl sites for hydroxylation is 1. The number of quaternary nitrogens is 1. The number of allylic oxidation sites excluding steroid dienone is 1. The minimum absolute atomic E-state index is 0.147. The van der Waals surface area contributed by atoms with Crippen molar-refractivity contribution in [3.05, 3.63) is 64.2 Å². The van der Waals surface area contributed by atoms with Gasteiger partial charge in [0.1, 0.15) is 0 Å². The molecule has 170 valence electrons. The SMILES string of the molecule is Cc1ccc(C(F)(F)F)c(CN2CCNC3=C2C=C(c2noc(CC4CNC4)n2)[NH2+]N3)c1. The minimum atomic E-state index is -4.40. The van der Waals surface area contributed by atoms with E-state index in [0.29, 0.717) is 30.7 Å². The van der Waals surface area contributed by atoms with Crippen LogP contribution in [-0.2, 0) is 19.1 Å². The van der Waals surface area contributed by atoms with Crippen LogP contribution in [0.15, 0.2) is 40.3 Å². The molecule has 0 saturated carbocycles. The standard InChI is InChI=1S/C21H24F3N7O/c1-12-2-3-15(21(22,23)24)14(6-12)11-31-5-4-26-20-17(31)8-16(28-29-20)19-27-18(32-30-19)7-13-9-25-10-13/h2-3,6,8,13,25-26,28-29H,4-5,7,9-11H2,1H3/p+1. The highest BCUT2D eigenvalue weighted by atomic mass is 19.4. The molecule has 1 fully saturated rings. The molecule has 4 heterocycles. The van der Waals surface area contributed by atoms with Crippen LogP contribution in [0, 0.1) is 12.8 Å². The lowest BCUT2D eigenvalue weighted by Crippen LogP contribution is -2.92. The van der Waals surface area contributed by atoms with Crippen molar-refractivity contribution < 1.29 is 23.1 Å². The zero-order valence-electron chi connectivity index (χ0n) is 17.6. The van der Waals surface area contributed by atoms with E-state index >= 15 is 0 Å². The van der Waals surface area contributed by atoms with Gasteiger partial charge < -0.3 is 20.1 Å². The molecule has 0 radical (unpaired) electrons. The van der Waals surface area contributed by atoms with Crippen LogP contribution >= 0.6 is 0 Å². The van der Waals surface area contributed by atoms with Gasteiger partial charge in [0.15, 0.2) is 5.82 Å². The Morgan fingerprint density at radius 1 is 1.28 bits per heavy atom. The lowest BCUT2D eigenvalue weighted by molar-refractivity contribution is -0.621. The van der Waals surface area contributed by atoms with Crippen molar-refractivity contribution in [2.45, 2.75) is 26.1 Å². The summed E-state index contributed by atoms with van der Waals surface area (Å²) in [5.74, 6) is 2.32. The Balaban J connectivity index is 1.40. The fourth-order valence-corrected chi connectivity index (χ4v) is 4.14. The van der Waals surface area contributed by atoms with Crippen LogP contribution in [-0.4, -0.2) is 41.2 Å². The summed E-state index contributed by atoms with van der Waals surface area (Å²) in [7, 11) is 0. The molecule has 11 heteroatoms. The summed E-state index contributed by atoms with van der Waals surface area (Å²) in [6.45, 7) is 5.04. The summed E-state index contributed by atoms with van der Waals surface area (Å²) in [6, 6.07) is 4.27. The molecule has 3 aliphatic rings. The van der Waals surface area contributed by atoms with Gasteiger partial charge in [-0.3, -0.25) is 0 Å². The summed E-state index contributed by atoms with van der Waals surface area (Å²) in [4.78, 5) is 6.45. The lowest BCUT2D eigenvalue weighted by atomic mass is 10.00. The van der Waals surface area contributed by atoms with Crippen molar-refractivity contribution in [3.63, 3.8) is 0 Å². The average Bonchev–Trinajstić information content (AvgIpc) is 3.19. The number of benzene rings is 1. The van der Waals surface area contributed by atoms with Gasteiger partial charge in [0, 0.05) is 32.1 Å². The fraction of sp³-hybridized carbons (Fsp3) is 0.429. The molecule has 1 aromatic carbocycles. The second kappa shape index (κ2) is 8.14. The van der Waals surface area contributed by atoms with E-state index in [4.69, 9.17) is 4.52 Å². The van der Waals surface area contributed by atoms with E-state index in [1.165, 1.54) is 6.07 Å². The van der Waals surface area contributed by atoms with E-state index in [-0.39, 0.29) is 12.1 Å². The molecule has 1 aromatic heterocycles. The summed E-state index contributed by atoms with van der Waals surface area (Å²) < 4.78 is 46.1. The van der Waals surface area contributed by atoms with Crippen molar-refractivity contribution in [3.8, 4) is 0 Å². The maximum atomic E-state index is 13.6. The van der Waals surface area contributed by atoms with Crippen molar-refractivity contribution in [1.82, 2.24) is 31.1 Å². The zero-order valence-corrected chi connectivity index (χ0v) is 17.6. The predicted octanol–water partition coefficient (Wildman–Crippen LogP) is 0.856. The number of rotatable bonds is 5. The summed E-state index contributed by atoms with van der Waals surface area (Å²) in [5, 5.41) is 10.6. The summed E-state index contributed by atoms with van der Waals surface area (Å²) >= 11 is 0. The van der Waals surface area contributed by atoms with Gasteiger partial charge in [0.05, 0.1) is 11.3 Å². The molecule has 5 N–H and O–H groups in total. The van der Waals surface area contributed by atoms with E-state index in [1.807, 2.05) is 11.0 Å². The Morgan fingerprint density at radius 2 is 2.12 bits per heavy atom. The zero-order chi connectivity index (χ0) is 22.3. The van der Waals surface area contributed by atoms with Crippen LogP contribution in [0.2, 0.25) is 0 Å². The molecule has 32 heavy (non-hydrogen) atoms. The Bertz CT molecular complexity index is 1070. The van der Waals surface area contributed by atoms with Gasteiger partial charge in [-0.25, -0.2) is 10.9 Å². The second-order valence-electron chi connectivity index (χ2n) is 8.40. The molecule has 0 atom stereocenters. The first kappa shape index (κ1) is 20.8. The van der Waals surface area contributed by atoms with Crippen LogP contribution in [0.25, 0.3) is 5.70 Å². The molecule has 0 bridgehead atoms. The first-order valence-corrected chi connectivity index (χ1v) is 10.6. The van der Waals surface area contributed by atoms with Gasteiger partial charge in [-0.05, 0) is 37.6 Å². The molecule has 3 aliphatic heterocycles. The maximum absolute atomic E-state index is 13.6. The largest absolute Gasteiger partial charge is 0.416 e. The Morgan fingerprint density at radius 3 is 2.88 bits per heavy atom. The molecule has 0 unspecified atom stereocenters. The van der Waals surface area contributed by atoms with Crippen LogP contribution in [0.3, 0.4) is 0 Å². The Labute approximate surface area is 182 Å². The van der Waals surface area contributed by atoms with E-state index < -0.39 is 11.7 Å². The Kier molecular flexibility index (Phi) is 5.30. The van der Waals surface area contributed by atoms with Gasteiger partial charge >= 0.3 is 6.18 Å². The summed E-state index contributed by atoms with van der Waals surface area (Å²) in [5.41, 5.74) is 6.92. The van der Waals surface area contributed by atoms with Gasteiger partial charge in [0.2, 0.25) is 11.6 Å². The normalized spacial score (nSPS) is 19.1. The van der Waals surface area contributed by atoms with Crippen LogP contribution in [0.4, 0.5) is 13.2 Å². The van der Waals surface area contributed by atoms with Crippen molar-refractivity contribution in [1.29, 1.82) is 0 Å². The number of nitrogens with two attached hydrogens (primary N) is 1. The molecule has 8 nitrogen and oxygen atoms in total. The molecule has 1 saturated heterocycles. The molecular formula is C21H25F3N7O+. The van der Waals surface area contributed by atoms with Gasteiger partial charge in [-0.15, -0.1) is 0 Å².